The minimum Gasteiger partial charge on any atom is -0.255 e. The quantitative estimate of drug-likeness (QED) is 0.741. The largest absolute Gasteiger partial charge is 0.255 e. The Labute approximate surface area is 141 Å². The average Bonchev–Trinajstić information content (AvgIpc) is 3.05. The van der Waals surface area contributed by atoms with Gasteiger partial charge in [-0.3, -0.25) is 4.98 Å². The fraction of sp³-hybridized carbons (Fsp3) is 0.263. The van der Waals surface area contributed by atoms with Gasteiger partial charge < -0.3 is 0 Å². The zero-order valence-electron chi connectivity index (χ0n) is 14.1. The summed E-state index contributed by atoms with van der Waals surface area (Å²) in [6.45, 7) is 7.06. The van der Waals surface area contributed by atoms with Crippen molar-refractivity contribution in [2.24, 2.45) is 0 Å². The molecule has 0 radical (unpaired) electrons. The summed E-state index contributed by atoms with van der Waals surface area (Å²) in [7, 11) is 0. The van der Waals surface area contributed by atoms with Crippen molar-refractivity contribution in [1.29, 1.82) is 5.26 Å². The maximum absolute atomic E-state index is 8.82. The van der Waals surface area contributed by atoms with Crippen molar-refractivity contribution in [1.82, 2.24) is 20.0 Å². The molecule has 0 saturated heterocycles. The van der Waals surface area contributed by atoms with Gasteiger partial charge in [-0.05, 0) is 17.7 Å². The van der Waals surface area contributed by atoms with Crippen LogP contribution in [0.3, 0.4) is 0 Å². The number of hydrogen-bond donors (Lipinski definition) is 0. The molecule has 0 saturated carbocycles. The van der Waals surface area contributed by atoms with Gasteiger partial charge in [0.2, 0.25) is 0 Å². The fourth-order valence-electron chi connectivity index (χ4n) is 2.32. The summed E-state index contributed by atoms with van der Waals surface area (Å²) in [4.78, 5) is 4.31. The first kappa shape index (κ1) is 15.9. The highest BCUT2D eigenvalue weighted by atomic mass is 15.4. The van der Waals surface area contributed by atoms with E-state index in [1.165, 1.54) is 0 Å². The van der Waals surface area contributed by atoms with E-state index >= 15 is 0 Å². The Kier molecular flexibility index (Phi) is 4.13. The molecule has 0 aliphatic heterocycles. The molecule has 0 aliphatic carbocycles. The first-order chi connectivity index (χ1) is 11.5. The molecule has 5 nitrogen and oxygen atoms in total. The summed E-state index contributed by atoms with van der Waals surface area (Å²) in [6.07, 6.45) is 3.59. The van der Waals surface area contributed by atoms with Gasteiger partial charge in [-0.1, -0.05) is 50.3 Å². The number of benzene rings is 1. The molecule has 5 heteroatoms. The van der Waals surface area contributed by atoms with Crippen LogP contribution in [0, 0.1) is 11.3 Å². The molecule has 120 valence electrons. The van der Waals surface area contributed by atoms with E-state index in [9.17, 15) is 0 Å². The summed E-state index contributed by atoms with van der Waals surface area (Å²) in [5.41, 5.74) is 4.59. The van der Waals surface area contributed by atoms with E-state index in [-0.39, 0.29) is 5.41 Å². The van der Waals surface area contributed by atoms with Crippen molar-refractivity contribution < 1.29 is 0 Å². The SMILES string of the molecule is CC(C)(C)c1cn(Cc2ccc(-c3ccc(C#N)cn3)cc2)nn1. The lowest BCUT2D eigenvalue weighted by molar-refractivity contribution is 0.566. The molecule has 2 aromatic heterocycles. The van der Waals surface area contributed by atoms with Gasteiger partial charge in [0.05, 0.1) is 23.5 Å². The molecule has 2 heterocycles. The number of hydrogen-bond acceptors (Lipinski definition) is 4. The predicted molar refractivity (Wildman–Crippen MR) is 92.2 cm³/mol. The first-order valence-electron chi connectivity index (χ1n) is 7.82. The van der Waals surface area contributed by atoms with E-state index in [1.54, 1.807) is 12.3 Å². The molecule has 0 unspecified atom stereocenters. The van der Waals surface area contributed by atoms with Crippen LogP contribution in [0.1, 0.15) is 37.6 Å². The first-order valence-corrected chi connectivity index (χ1v) is 7.82. The van der Waals surface area contributed by atoms with Gasteiger partial charge in [-0.2, -0.15) is 5.26 Å². The molecule has 0 amide bonds. The molecule has 0 N–H and O–H groups in total. The highest BCUT2D eigenvalue weighted by Crippen LogP contribution is 2.20. The van der Waals surface area contributed by atoms with E-state index in [1.807, 2.05) is 29.1 Å². The number of aromatic nitrogens is 4. The second-order valence-electron chi connectivity index (χ2n) is 6.79. The summed E-state index contributed by atoms with van der Waals surface area (Å²) in [6, 6.07) is 13.9. The van der Waals surface area contributed by atoms with Gasteiger partial charge in [0.25, 0.3) is 0 Å². The van der Waals surface area contributed by atoms with Crippen molar-refractivity contribution >= 4 is 0 Å². The number of nitrogens with zero attached hydrogens (tertiary/aromatic N) is 5. The van der Waals surface area contributed by atoms with Crippen LogP contribution in [0.5, 0.6) is 0 Å². The van der Waals surface area contributed by atoms with Crippen molar-refractivity contribution in [3.63, 3.8) is 0 Å². The Morgan fingerprint density at radius 3 is 2.38 bits per heavy atom. The summed E-state index contributed by atoms with van der Waals surface area (Å²) < 4.78 is 1.86. The maximum atomic E-state index is 8.82. The van der Waals surface area contributed by atoms with E-state index in [0.29, 0.717) is 12.1 Å². The lowest BCUT2D eigenvalue weighted by Crippen LogP contribution is -2.11. The third-order valence-electron chi connectivity index (χ3n) is 3.79. The Bertz CT molecular complexity index is 862. The summed E-state index contributed by atoms with van der Waals surface area (Å²) in [5.74, 6) is 0. The highest BCUT2D eigenvalue weighted by molar-refractivity contribution is 5.59. The Balaban J connectivity index is 1.74. The van der Waals surface area contributed by atoms with Crippen LogP contribution in [0.15, 0.2) is 48.8 Å². The van der Waals surface area contributed by atoms with E-state index in [2.05, 4.69) is 54.3 Å². The van der Waals surface area contributed by atoms with Crippen molar-refractivity contribution in [2.45, 2.75) is 32.7 Å². The van der Waals surface area contributed by atoms with Gasteiger partial charge in [-0.15, -0.1) is 5.10 Å². The normalized spacial score (nSPS) is 11.2. The lowest BCUT2D eigenvalue weighted by atomic mass is 9.93. The zero-order valence-corrected chi connectivity index (χ0v) is 14.1. The van der Waals surface area contributed by atoms with Crippen LogP contribution in [0.4, 0.5) is 0 Å². The van der Waals surface area contributed by atoms with Crippen LogP contribution in [0.2, 0.25) is 0 Å². The van der Waals surface area contributed by atoms with Crippen LogP contribution < -0.4 is 0 Å². The summed E-state index contributed by atoms with van der Waals surface area (Å²) >= 11 is 0. The lowest BCUT2D eigenvalue weighted by Gasteiger charge is -2.12. The second-order valence-corrected chi connectivity index (χ2v) is 6.79. The molecule has 24 heavy (non-hydrogen) atoms. The topological polar surface area (TPSA) is 67.4 Å². The second kappa shape index (κ2) is 6.25. The molecule has 3 aromatic rings. The Morgan fingerprint density at radius 1 is 1.08 bits per heavy atom. The van der Waals surface area contributed by atoms with Gasteiger partial charge >= 0.3 is 0 Å². The molecule has 0 aliphatic rings. The van der Waals surface area contributed by atoms with Gasteiger partial charge in [-0.25, -0.2) is 4.68 Å². The monoisotopic (exact) mass is 317 g/mol. The average molecular weight is 317 g/mol. The minimum absolute atomic E-state index is 0.00334. The van der Waals surface area contributed by atoms with E-state index < -0.39 is 0 Å². The Hall–Kier alpha value is -3.00. The molecule has 0 atom stereocenters. The van der Waals surface area contributed by atoms with Gasteiger partial charge in [0, 0.05) is 23.4 Å². The number of rotatable bonds is 3. The zero-order chi connectivity index (χ0) is 17.2. The van der Waals surface area contributed by atoms with Crippen LogP contribution in [-0.2, 0) is 12.0 Å². The van der Waals surface area contributed by atoms with Crippen molar-refractivity contribution in [3.05, 3.63) is 65.6 Å². The maximum Gasteiger partial charge on any atom is 0.101 e. The van der Waals surface area contributed by atoms with E-state index in [0.717, 1.165) is 22.5 Å². The van der Waals surface area contributed by atoms with Gasteiger partial charge in [0.1, 0.15) is 6.07 Å². The number of nitriles is 1. The van der Waals surface area contributed by atoms with Crippen LogP contribution >= 0.6 is 0 Å². The van der Waals surface area contributed by atoms with E-state index in [4.69, 9.17) is 5.26 Å². The highest BCUT2D eigenvalue weighted by Gasteiger charge is 2.17. The van der Waals surface area contributed by atoms with Crippen molar-refractivity contribution in [2.75, 3.05) is 0 Å². The minimum atomic E-state index is 0.00334. The molecular formula is C19H19N5. The molecule has 0 spiro atoms. The summed E-state index contributed by atoms with van der Waals surface area (Å²) in [5, 5.41) is 17.3. The standard InChI is InChI=1S/C19H19N5/c1-19(2,3)18-13-24(23-22-18)12-14-4-7-16(8-5-14)17-9-6-15(10-20)11-21-17/h4-9,11,13H,12H2,1-3H3. The third kappa shape index (κ3) is 3.49. The van der Waals surface area contributed by atoms with Gasteiger partial charge in [0.15, 0.2) is 0 Å². The fourth-order valence-corrected chi connectivity index (χ4v) is 2.32. The van der Waals surface area contributed by atoms with Crippen molar-refractivity contribution in [3.8, 4) is 17.3 Å². The van der Waals surface area contributed by atoms with Crippen LogP contribution in [0.25, 0.3) is 11.3 Å². The predicted octanol–water partition coefficient (Wildman–Crippen LogP) is 3.56. The number of pyridine rings is 1. The third-order valence-corrected chi connectivity index (χ3v) is 3.79. The van der Waals surface area contributed by atoms with Crippen LogP contribution in [-0.4, -0.2) is 20.0 Å². The molecule has 3 rings (SSSR count). The smallest absolute Gasteiger partial charge is 0.101 e. The molecule has 0 bridgehead atoms. The molecule has 0 fully saturated rings. The molecule has 1 aromatic carbocycles. The molecular weight excluding hydrogens is 298 g/mol. The Morgan fingerprint density at radius 2 is 1.83 bits per heavy atom.